The van der Waals surface area contributed by atoms with Gasteiger partial charge in [-0.05, 0) is 13.3 Å². The second-order valence-electron chi connectivity index (χ2n) is 3.99. The molecule has 1 amide bonds. The summed E-state index contributed by atoms with van der Waals surface area (Å²) in [7, 11) is 1.61. The Bertz CT molecular complexity index is 427. The minimum atomic E-state index is -0.0758. The highest BCUT2D eigenvalue weighted by Gasteiger charge is 2.15. The topological polar surface area (TPSA) is 70.2 Å². The SMILES string of the molecule is CCCN(CC(=O)NC)c1nc(NCC)ncc1Cl. The molecule has 0 spiro atoms. The second-order valence-corrected chi connectivity index (χ2v) is 4.40. The van der Waals surface area contributed by atoms with Crippen LogP contribution in [-0.4, -0.2) is 42.6 Å². The summed E-state index contributed by atoms with van der Waals surface area (Å²) in [6, 6.07) is 0. The monoisotopic (exact) mass is 285 g/mol. The molecule has 0 radical (unpaired) electrons. The lowest BCUT2D eigenvalue weighted by atomic mass is 10.3. The smallest absolute Gasteiger partial charge is 0.239 e. The van der Waals surface area contributed by atoms with E-state index in [-0.39, 0.29) is 12.5 Å². The van der Waals surface area contributed by atoms with E-state index in [0.29, 0.717) is 23.3 Å². The third-order valence-electron chi connectivity index (χ3n) is 2.47. The maximum atomic E-state index is 11.5. The lowest BCUT2D eigenvalue weighted by Crippen LogP contribution is -2.37. The molecule has 0 bridgehead atoms. The van der Waals surface area contributed by atoms with E-state index < -0.39 is 0 Å². The summed E-state index contributed by atoms with van der Waals surface area (Å²) in [5.41, 5.74) is 0. The summed E-state index contributed by atoms with van der Waals surface area (Å²) < 4.78 is 0. The van der Waals surface area contributed by atoms with Gasteiger partial charge in [0.15, 0.2) is 5.82 Å². The number of carbonyl (C=O) groups excluding carboxylic acids is 1. The largest absolute Gasteiger partial charge is 0.358 e. The Morgan fingerprint density at radius 2 is 2.21 bits per heavy atom. The molecule has 6 nitrogen and oxygen atoms in total. The van der Waals surface area contributed by atoms with E-state index in [1.54, 1.807) is 13.2 Å². The van der Waals surface area contributed by atoms with Crippen LogP contribution in [0.2, 0.25) is 5.02 Å². The van der Waals surface area contributed by atoms with Crippen molar-refractivity contribution in [3.05, 3.63) is 11.2 Å². The van der Waals surface area contributed by atoms with Gasteiger partial charge in [0, 0.05) is 20.1 Å². The highest BCUT2D eigenvalue weighted by Crippen LogP contribution is 2.23. The number of halogens is 1. The van der Waals surface area contributed by atoms with Crippen molar-refractivity contribution in [1.29, 1.82) is 0 Å². The first-order chi connectivity index (χ1) is 9.12. The molecule has 0 saturated carbocycles. The predicted molar refractivity (Wildman–Crippen MR) is 77.8 cm³/mol. The van der Waals surface area contributed by atoms with Gasteiger partial charge >= 0.3 is 0 Å². The van der Waals surface area contributed by atoms with Crippen molar-refractivity contribution >= 4 is 29.3 Å². The molecule has 0 aromatic carbocycles. The van der Waals surface area contributed by atoms with E-state index in [1.807, 2.05) is 18.7 Å². The maximum Gasteiger partial charge on any atom is 0.239 e. The Labute approximate surface area is 118 Å². The molecule has 0 aliphatic heterocycles. The number of hydrogen-bond donors (Lipinski definition) is 2. The van der Waals surface area contributed by atoms with Crippen LogP contribution in [0.5, 0.6) is 0 Å². The van der Waals surface area contributed by atoms with Gasteiger partial charge in [-0.3, -0.25) is 4.79 Å². The van der Waals surface area contributed by atoms with Gasteiger partial charge < -0.3 is 15.5 Å². The minimum absolute atomic E-state index is 0.0758. The number of nitrogens with zero attached hydrogens (tertiary/aromatic N) is 3. The van der Waals surface area contributed by atoms with Gasteiger partial charge in [-0.1, -0.05) is 18.5 Å². The first-order valence-corrected chi connectivity index (χ1v) is 6.72. The van der Waals surface area contributed by atoms with Crippen molar-refractivity contribution in [1.82, 2.24) is 15.3 Å². The Hall–Kier alpha value is -1.56. The lowest BCUT2D eigenvalue weighted by Gasteiger charge is -2.23. The Kier molecular flexibility index (Phi) is 6.35. The molecular weight excluding hydrogens is 266 g/mol. The molecule has 2 N–H and O–H groups in total. The van der Waals surface area contributed by atoms with E-state index in [0.717, 1.165) is 13.0 Å². The molecule has 1 rings (SSSR count). The lowest BCUT2D eigenvalue weighted by molar-refractivity contribution is -0.119. The molecule has 7 heteroatoms. The van der Waals surface area contributed by atoms with Crippen molar-refractivity contribution in [2.75, 3.05) is 36.9 Å². The predicted octanol–water partition coefficient (Wildman–Crippen LogP) is 1.52. The molecule has 19 heavy (non-hydrogen) atoms. The molecule has 0 unspecified atom stereocenters. The van der Waals surface area contributed by atoms with Gasteiger partial charge in [0.1, 0.15) is 5.02 Å². The van der Waals surface area contributed by atoms with Crippen molar-refractivity contribution in [2.24, 2.45) is 0 Å². The summed E-state index contributed by atoms with van der Waals surface area (Å²) >= 11 is 6.13. The van der Waals surface area contributed by atoms with Gasteiger partial charge in [-0.15, -0.1) is 0 Å². The van der Waals surface area contributed by atoms with E-state index in [1.165, 1.54) is 0 Å². The molecule has 1 heterocycles. The van der Waals surface area contributed by atoms with Crippen LogP contribution in [0.15, 0.2) is 6.20 Å². The zero-order valence-electron chi connectivity index (χ0n) is 11.5. The van der Waals surface area contributed by atoms with Gasteiger partial charge in [-0.25, -0.2) is 4.98 Å². The fraction of sp³-hybridized carbons (Fsp3) is 0.583. The van der Waals surface area contributed by atoms with Crippen molar-refractivity contribution in [2.45, 2.75) is 20.3 Å². The highest BCUT2D eigenvalue weighted by molar-refractivity contribution is 6.32. The summed E-state index contributed by atoms with van der Waals surface area (Å²) in [5, 5.41) is 6.07. The Balaban J connectivity index is 2.99. The number of amides is 1. The molecule has 0 aliphatic rings. The molecular formula is C12H20ClN5O. The van der Waals surface area contributed by atoms with Gasteiger partial charge in [0.25, 0.3) is 0 Å². The van der Waals surface area contributed by atoms with Crippen molar-refractivity contribution in [3.63, 3.8) is 0 Å². The fourth-order valence-electron chi connectivity index (χ4n) is 1.61. The van der Waals surface area contributed by atoms with E-state index >= 15 is 0 Å². The number of hydrogen-bond acceptors (Lipinski definition) is 5. The zero-order valence-corrected chi connectivity index (χ0v) is 12.3. The third-order valence-corrected chi connectivity index (χ3v) is 2.73. The van der Waals surface area contributed by atoms with Crippen LogP contribution in [0.25, 0.3) is 0 Å². The van der Waals surface area contributed by atoms with Crippen molar-refractivity contribution in [3.8, 4) is 0 Å². The molecule has 106 valence electrons. The van der Waals surface area contributed by atoms with Crippen LogP contribution in [0.1, 0.15) is 20.3 Å². The first-order valence-electron chi connectivity index (χ1n) is 6.34. The number of likely N-dealkylation sites (N-methyl/N-ethyl adjacent to an activating group) is 1. The number of rotatable bonds is 7. The van der Waals surface area contributed by atoms with E-state index in [4.69, 9.17) is 11.6 Å². The van der Waals surface area contributed by atoms with E-state index in [9.17, 15) is 4.79 Å². The fourth-order valence-corrected chi connectivity index (χ4v) is 1.82. The number of nitrogens with one attached hydrogen (secondary N) is 2. The molecule has 0 aliphatic carbocycles. The van der Waals surface area contributed by atoms with Gasteiger partial charge in [0.05, 0.1) is 12.7 Å². The first kappa shape index (κ1) is 15.5. The van der Waals surface area contributed by atoms with Crippen LogP contribution in [0.4, 0.5) is 11.8 Å². The molecule has 0 fully saturated rings. The van der Waals surface area contributed by atoms with Gasteiger partial charge in [0.2, 0.25) is 11.9 Å². The Morgan fingerprint density at radius 1 is 1.47 bits per heavy atom. The third kappa shape index (κ3) is 4.55. The Morgan fingerprint density at radius 3 is 2.79 bits per heavy atom. The summed E-state index contributed by atoms with van der Waals surface area (Å²) in [4.78, 5) is 21.8. The van der Waals surface area contributed by atoms with Crippen LogP contribution < -0.4 is 15.5 Å². The normalized spacial score (nSPS) is 10.1. The molecule has 1 aromatic rings. The number of anilines is 2. The molecule has 0 saturated heterocycles. The summed E-state index contributed by atoms with van der Waals surface area (Å²) in [6.07, 6.45) is 2.45. The molecule has 0 atom stereocenters. The summed E-state index contributed by atoms with van der Waals surface area (Å²) in [6.45, 7) is 5.66. The van der Waals surface area contributed by atoms with Gasteiger partial charge in [-0.2, -0.15) is 4.98 Å². The number of aromatic nitrogens is 2. The average Bonchev–Trinajstić information content (AvgIpc) is 2.40. The van der Waals surface area contributed by atoms with Crippen LogP contribution in [0, 0.1) is 0 Å². The van der Waals surface area contributed by atoms with Crippen LogP contribution in [-0.2, 0) is 4.79 Å². The molecule has 1 aromatic heterocycles. The maximum absolute atomic E-state index is 11.5. The van der Waals surface area contributed by atoms with E-state index in [2.05, 4.69) is 20.6 Å². The average molecular weight is 286 g/mol. The summed E-state index contributed by atoms with van der Waals surface area (Å²) in [5.74, 6) is 1.02. The minimum Gasteiger partial charge on any atom is -0.358 e. The standard InChI is InChI=1S/C12H20ClN5O/c1-4-6-18(8-10(19)14-3)11-9(13)7-16-12(17-11)15-5-2/h7H,4-6,8H2,1-3H3,(H,14,19)(H,15,16,17). The quantitative estimate of drug-likeness (QED) is 0.795. The van der Waals surface area contributed by atoms with Crippen LogP contribution >= 0.6 is 11.6 Å². The zero-order chi connectivity index (χ0) is 14.3. The number of carbonyl (C=O) groups is 1. The van der Waals surface area contributed by atoms with Crippen LogP contribution in [0.3, 0.4) is 0 Å². The highest BCUT2D eigenvalue weighted by atomic mass is 35.5. The van der Waals surface area contributed by atoms with Crippen molar-refractivity contribution < 1.29 is 4.79 Å². The second kappa shape index (κ2) is 7.78.